The van der Waals surface area contributed by atoms with Crippen LogP contribution in [0.3, 0.4) is 0 Å². The Bertz CT molecular complexity index is 273. The van der Waals surface area contributed by atoms with Crippen molar-refractivity contribution in [3.05, 3.63) is 9.40 Å². The largest absolute Gasteiger partial charge is 0.369 e. The van der Waals surface area contributed by atoms with Crippen molar-refractivity contribution in [2.24, 2.45) is 4.99 Å². The first-order chi connectivity index (χ1) is 6.54. The summed E-state index contributed by atoms with van der Waals surface area (Å²) < 4.78 is 1.18. The summed E-state index contributed by atoms with van der Waals surface area (Å²) in [5.74, 6) is 1.10. The van der Waals surface area contributed by atoms with E-state index in [1.165, 1.54) is 3.58 Å². The van der Waals surface area contributed by atoms with Gasteiger partial charge in [0.05, 0.1) is 9.29 Å². The highest BCUT2D eigenvalue weighted by Gasteiger charge is 2.18. The Balaban J connectivity index is 2.80. The summed E-state index contributed by atoms with van der Waals surface area (Å²) in [4.78, 5) is 4.50. The quantitative estimate of drug-likeness (QED) is 0.782. The minimum absolute atomic E-state index is 0.148. The minimum atomic E-state index is 0.148. The zero-order chi connectivity index (χ0) is 10.7. The smallest absolute Gasteiger partial charge is 0.167 e. The number of aliphatic imine (C=N–C) groups is 1. The average molecular weight is 325 g/mol. The fourth-order valence-corrected chi connectivity index (χ4v) is 2.09. The number of allylic oxidation sites excluding steroid dienone is 1. The lowest BCUT2D eigenvalue weighted by molar-refractivity contribution is 0.595. The summed E-state index contributed by atoms with van der Waals surface area (Å²) in [6.07, 6.45) is 2.06. The van der Waals surface area contributed by atoms with Crippen molar-refractivity contribution in [2.45, 2.75) is 32.3 Å². The summed E-state index contributed by atoms with van der Waals surface area (Å²) >= 11 is 4.03. The molecule has 0 fully saturated rings. The van der Waals surface area contributed by atoms with Gasteiger partial charge in [0.2, 0.25) is 0 Å². The number of thioether (sulfide) groups is 1. The molecule has 14 heavy (non-hydrogen) atoms. The molecule has 3 nitrogen and oxygen atoms in total. The van der Waals surface area contributed by atoms with E-state index in [2.05, 4.69) is 58.3 Å². The average Bonchev–Trinajstić information content (AvgIpc) is 2.11. The molecule has 0 bridgehead atoms. The molecule has 2 N–H and O–H groups in total. The standard InChI is InChI=1S/C9H16IN3S/c1-5(2)11-8-7(10)6(3)12-9(13-8)14-4/h5,9,11,13H,1-4H3. The van der Waals surface area contributed by atoms with Gasteiger partial charge < -0.3 is 10.6 Å². The molecule has 0 aliphatic carbocycles. The highest BCUT2D eigenvalue weighted by molar-refractivity contribution is 14.1. The van der Waals surface area contributed by atoms with Gasteiger partial charge in [-0.2, -0.15) is 0 Å². The molecule has 0 radical (unpaired) electrons. The molecule has 0 spiro atoms. The Hall–Kier alpha value is 0.0900. The molecule has 1 rings (SSSR count). The third kappa shape index (κ3) is 3.05. The topological polar surface area (TPSA) is 36.4 Å². The monoisotopic (exact) mass is 325 g/mol. The molecule has 0 aromatic carbocycles. The molecule has 0 amide bonds. The lowest BCUT2D eigenvalue weighted by Crippen LogP contribution is -2.39. The van der Waals surface area contributed by atoms with E-state index < -0.39 is 0 Å². The normalized spacial score (nSPS) is 22.1. The van der Waals surface area contributed by atoms with Crippen LogP contribution in [-0.4, -0.2) is 23.5 Å². The summed E-state index contributed by atoms with van der Waals surface area (Å²) in [6.45, 7) is 6.31. The Morgan fingerprint density at radius 2 is 2.21 bits per heavy atom. The van der Waals surface area contributed by atoms with Crippen LogP contribution in [0.15, 0.2) is 14.4 Å². The second kappa shape index (κ2) is 5.25. The molecule has 0 aromatic rings. The van der Waals surface area contributed by atoms with Crippen LogP contribution in [-0.2, 0) is 0 Å². The van der Waals surface area contributed by atoms with Crippen LogP contribution in [0.2, 0.25) is 0 Å². The molecule has 80 valence electrons. The molecule has 0 saturated carbocycles. The number of nitrogens with one attached hydrogen (secondary N) is 2. The van der Waals surface area contributed by atoms with Crippen molar-refractivity contribution in [1.29, 1.82) is 0 Å². The molecule has 1 unspecified atom stereocenters. The van der Waals surface area contributed by atoms with E-state index in [9.17, 15) is 0 Å². The predicted octanol–water partition coefficient (Wildman–Crippen LogP) is 2.30. The van der Waals surface area contributed by atoms with Crippen LogP contribution in [0.4, 0.5) is 0 Å². The number of nitrogens with zero attached hydrogens (tertiary/aromatic N) is 1. The second-order valence-electron chi connectivity index (χ2n) is 3.43. The second-order valence-corrected chi connectivity index (χ2v) is 5.43. The zero-order valence-corrected chi connectivity index (χ0v) is 11.9. The number of rotatable bonds is 3. The first-order valence-corrected chi connectivity index (χ1v) is 6.91. The summed E-state index contributed by atoms with van der Waals surface area (Å²) in [6, 6.07) is 0.440. The van der Waals surface area contributed by atoms with Gasteiger partial charge in [0.15, 0.2) is 5.50 Å². The maximum atomic E-state index is 4.50. The van der Waals surface area contributed by atoms with Gasteiger partial charge in [-0.05, 0) is 49.6 Å². The molecule has 5 heteroatoms. The van der Waals surface area contributed by atoms with Gasteiger partial charge in [0.25, 0.3) is 0 Å². The van der Waals surface area contributed by atoms with E-state index in [0.717, 1.165) is 11.5 Å². The zero-order valence-electron chi connectivity index (χ0n) is 8.89. The van der Waals surface area contributed by atoms with Crippen molar-refractivity contribution in [1.82, 2.24) is 10.6 Å². The van der Waals surface area contributed by atoms with Crippen molar-refractivity contribution in [3.63, 3.8) is 0 Å². The van der Waals surface area contributed by atoms with E-state index in [1.54, 1.807) is 11.8 Å². The number of halogens is 1. The highest BCUT2D eigenvalue weighted by Crippen LogP contribution is 2.21. The summed E-state index contributed by atoms with van der Waals surface area (Å²) in [7, 11) is 0. The molecular formula is C9H16IN3S. The summed E-state index contributed by atoms with van der Waals surface area (Å²) in [5, 5.41) is 6.74. The third-order valence-corrected chi connectivity index (χ3v) is 3.76. The van der Waals surface area contributed by atoms with E-state index in [4.69, 9.17) is 0 Å². The SMILES string of the molecule is CSC1N=C(C)C(I)=C(NC(C)C)N1. The van der Waals surface area contributed by atoms with Gasteiger partial charge in [0.1, 0.15) is 5.82 Å². The van der Waals surface area contributed by atoms with Crippen LogP contribution in [0.5, 0.6) is 0 Å². The Morgan fingerprint density at radius 3 is 2.71 bits per heavy atom. The van der Waals surface area contributed by atoms with E-state index in [1.807, 2.05) is 6.92 Å². The van der Waals surface area contributed by atoms with Crippen LogP contribution >= 0.6 is 34.4 Å². The Morgan fingerprint density at radius 1 is 1.57 bits per heavy atom. The fourth-order valence-electron chi connectivity index (χ4n) is 1.14. The van der Waals surface area contributed by atoms with Crippen molar-refractivity contribution in [3.8, 4) is 0 Å². The first kappa shape index (κ1) is 12.2. The van der Waals surface area contributed by atoms with E-state index in [0.29, 0.717) is 6.04 Å². The van der Waals surface area contributed by atoms with Crippen LogP contribution < -0.4 is 10.6 Å². The number of hydrogen-bond acceptors (Lipinski definition) is 4. The van der Waals surface area contributed by atoms with Crippen LogP contribution in [0.25, 0.3) is 0 Å². The van der Waals surface area contributed by atoms with E-state index in [-0.39, 0.29) is 5.50 Å². The van der Waals surface area contributed by atoms with Gasteiger partial charge in [-0.25, -0.2) is 0 Å². The highest BCUT2D eigenvalue weighted by atomic mass is 127. The molecule has 1 aliphatic rings. The fraction of sp³-hybridized carbons (Fsp3) is 0.667. The third-order valence-electron chi connectivity index (χ3n) is 1.77. The molecular weight excluding hydrogens is 309 g/mol. The van der Waals surface area contributed by atoms with Gasteiger partial charge in [-0.1, -0.05) is 0 Å². The predicted molar refractivity (Wildman–Crippen MR) is 72.9 cm³/mol. The lowest BCUT2D eigenvalue weighted by atomic mass is 10.3. The maximum absolute atomic E-state index is 4.50. The lowest BCUT2D eigenvalue weighted by Gasteiger charge is -2.26. The number of hydrogen-bond donors (Lipinski definition) is 2. The molecule has 1 atom stereocenters. The van der Waals surface area contributed by atoms with Crippen LogP contribution in [0.1, 0.15) is 20.8 Å². The van der Waals surface area contributed by atoms with Crippen molar-refractivity contribution < 1.29 is 0 Å². The van der Waals surface area contributed by atoms with Gasteiger partial charge in [0, 0.05) is 6.04 Å². The molecule has 1 heterocycles. The van der Waals surface area contributed by atoms with Crippen molar-refractivity contribution >= 4 is 40.1 Å². The van der Waals surface area contributed by atoms with Gasteiger partial charge in [-0.15, -0.1) is 11.8 Å². The minimum Gasteiger partial charge on any atom is -0.369 e. The molecule has 0 aromatic heterocycles. The Labute approximate surface area is 103 Å². The molecule has 0 saturated heterocycles. The van der Waals surface area contributed by atoms with Gasteiger partial charge >= 0.3 is 0 Å². The summed E-state index contributed by atoms with van der Waals surface area (Å²) in [5.41, 5.74) is 1.25. The maximum Gasteiger partial charge on any atom is 0.167 e. The van der Waals surface area contributed by atoms with Crippen LogP contribution in [0, 0.1) is 0 Å². The van der Waals surface area contributed by atoms with E-state index >= 15 is 0 Å². The Kier molecular flexibility index (Phi) is 4.56. The van der Waals surface area contributed by atoms with Gasteiger partial charge in [-0.3, -0.25) is 4.99 Å². The molecule has 1 aliphatic heterocycles. The first-order valence-electron chi connectivity index (χ1n) is 4.55. The van der Waals surface area contributed by atoms with Crippen molar-refractivity contribution in [2.75, 3.05) is 6.26 Å².